The highest BCUT2D eigenvalue weighted by atomic mass is 16.1. The van der Waals surface area contributed by atoms with Gasteiger partial charge in [0.05, 0.1) is 23.0 Å². The van der Waals surface area contributed by atoms with Crippen molar-refractivity contribution in [1.29, 1.82) is 0 Å². The topological polar surface area (TPSA) is 97.5 Å². The van der Waals surface area contributed by atoms with Crippen LogP contribution in [0, 0.1) is 0 Å². The Bertz CT molecular complexity index is 1280. The Balaban J connectivity index is 1.42. The van der Waals surface area contributed by atoms with Crippen molar-refractivity contribution in [2.75, 3.05) is 37.6 Å². The van der Waals surface area contributed by atoms with Crippen LogP contribution in [-0.4, -0.2) is 59.5 Å². The van der Waals surface area contributed by atoms with E-state index in [-0.39, 0.29) is 11.1 Å². The third-order valence-electron chi connectivity index (χ3n) is 5.93. The van der Waals surface area contributed by atoms with Crippen LogP contribution in [0.3, 0.4) is 0 Å². The summed E-state index contributed by atoms with van der Waals surface area (Å²) < 4.78 is 0. The van der Waals surface area contributed by atoms with Gasteiger partial charge >= 0.3 is 0 Å². The molecule has 8 heteroatoms. The third kappa shape index (κ3) is 4.55. The third-order valence-corrected chi connectivity index (χ3v) is 5.93. The summed E-state index contributed by atoms with van der Waals surface area (Å²) >= 11 is 0. The van der Waals surface area contributed by atoms with Crippen molar-refractivity contribution in [1.82, 2.24) is 20.1 Å². The Morgan fingerprint density at radius 1 is 1.19 bits per heavy atom. The van der Waals surface area contributed by atoms with Crippen molar-refractivity contribution < 1.29 is 0 Å². The molecule has 0 aliphatic carbocycles. The van der Waals surface area contributed by atoms with E-state index in [2.05, 4.69) is 43.6 Å². The molecule has 1 aromatic carbocycles. The largest absolute Gasteiger partial charge is 0.369 e. The number of nitrogens with zero attached hydrogens (tertiary/aromatic N) is 4. The molecule has 0 radical (unpaired) electrons. The number of hydrogen-bond acceptors (Lipinski definition) is 6. The van der Waals surface area contributed by atoms with E-state index in [0.717, 1.165) is 49.4 Å². The number of aliphatic imine (C=N–C) groups is 1. The lowest BCUT2D eigenvalue weighted by atomic mass is 10.1. The van der Waals surface area contributed by atoms with Gasteiger partial charge in [0.25, 0.3) is 11.1 Å². The predicted octanol–water partition coefficient (Wildman–Crippen LogP) is 2.73. The fourth-order valence-corrected chi connectivity index (χ4v) is 4.17. The quantitative estimate of drug-likeness (QED) is 0.584. The van der Waals surface area contributed by atoms with Crippen molar-refractivity contribution in [3.05, 3.63) is 68.0 Å². The normalized spacial score (nSPS) is 15.3. The fourth-order valence-electron chi connectivity index (χ4n) is 4.17. The van der Waals surface area contributed by atoms with E-state index in [4.69, 9.17) is 0 Å². The number of nitrogens with one attached hydrogen (secondary N) is 2. The lowest BCUT2D eigenvalue weighted by molar-refractivity contribution is 0.279. The van der Waals surface area contributed by atoms with Gasteiger partial charge in [-0.05, 0) is 50.4 Å². The number of aromatic amines is 2. The number of pyridine rings is 1. The summed E-state index contributed by atoms with van der Waals surface area (Å²) in [5.41, 5.74) is 4.15. The van der Waals surface area contributed by atoms with Crippen LogP contribution in [-0.2, 0) is 6.42 Å². The van der Waals surface area contributed by atoms with E-state index in [9.17, 15) is 9.59 Å². The number of aromatic nitrogens is 3. The molecule has 0 bridgehead atoms. The number of H-pyrrole nitrogens is 2. The standard InChI is InChI=1S/C24H28N6O2/c1-4-17-13-21(25-3)22(27-23(17)31)11-16(2)15-29-7-9-30(10-8-29)19-5-6-20-18(12-19)14-26-28-24(20)32/h5-6,11-14H,3-4,7-10,15H2,1-2H3,(H,27,31)(H,28,32)/b16-11+. The summed E-state index contributed by atoms with van der Waals surface area (Å²) in [7, 11) is 0. The molecule has 8 nitrogen and oxygen atoms in total. The summed E-state index contributed by atoms with van der Waals surface area (Å²) in [6.45, 7) is 12.1. The van der Waals surface area contributed by atoms with Crippen LogP contribution in [0.2, 0.25) is 0 Å². The summed E-state index contributed by atoms with van der Waals surface area (Å²) in [6.07, 6.45) is 4.34. The van der Waals surface area contributed by atoms with Gasteiger partial charge in [0.15, 0.2) is 0 Å². The highest BCUT2D eigenvalue weighted by Crippen LogP contribution is 2.22. The minimum Gasteiger partial charge on any atom is -0.369 e. The minimum absolute atomic E-state index is 0.0693. The Morgan fingerprint density at radius 2 is 1.97 bits per heavy atom. The SMILES string of the molecule is C=Nc1cc(CC)c(=O)[nH]c1/C=C(\C)CN1CCN(c2ccc3c(=O)[nH]ncc3c2)CC1. The molecular weight excluding hydrogens is 404 g/mol. The number of hydrogen-bond donors (Lipinski definition) is 2. The number of benzene rings is 1. The predicted molar refractivity (Wildman–Crippen MR) is 130 cm³/mol. The van der Waals surface area contributed by atoms with Crippen LogP contribution < -0.4 is 16.0 Å². The number of anilines is 1. The molecule has 3 heterocycles. The molecule has 2 N–H and O–H groups in total. The van der Waals surface area contributed by atoms with E-state index in [1.807, 2.05) is 37.3 Å². The molecule has 2 aromatic heterocycles. The van der Waals surface area contributed by atoms with Crippen LogP contribution in [0.1, 0.15) is 25.1 Å². The van der Waals surface area contributed by atoms with E-state index < -0.39 is 0 Å². The molecule has 32 heavy (non-hydrogen) atoms. The van der Waals surface area contributed by atoms with Crippen molar-refractivity contribution in [2.24, 2.45) is 4.99 Å². The molecule has 0 spiro atoms. The van der Waals surface area contributed by atoms with Crippen LogP contribution in [0.25, 0.3) is 16.8 Å². The first-order valence-electron chi connectivity index (χ1n) is 10.8. The van der Waals surface area contributed by atoms with Gasteiger partial charge in [-0.2, -0.15) is 5.10 Å². The van der Waals surface area contributed by atoms with Crippen LogP contribution in [0.5, 0.6) is 0 Å². The molecular formula is C24H28N6O2. The highest BCUT2D eigenvalue weighted by molar-refractivity contribution is 5.84. The Morgan fingerprint density at radius 3 is 2.69 bits per heavy atom. The first-order valence-corrected chi connectivity index (χ1v) is 10.8. The molecule has 0 unspecified atom stereocenters. The van der Waals surface area contributed by atoms with E-state index in [1.165, 1.54) is 0 Å². The zero-order valence-electron chi connectivity index (χ0n) is 18.5. The fraction of sp³-hybridized carbons (Fsp3) is 0.333. The van der Waals surface area contributed by atoms with E-state index in [0.29, 0.717) is 28.8 Å². The van der Waals surface area contributed by atoms with Gasteiger partial charge in [0, 0.05) is 49.4 Å². The average molecular weight is 433 g/mol. The molecule has 1 aliphatic rings. The molecule has 0 amide bonds. The van der Waals surface area contributed by atoms with Gasteiger partial charge in [0.1, 0.15) is 0 Å². The van der Waals surface area contributed by atoms with Crippen molar-refractivity contribution >= 4 is 34.9 Å². The second kappa shape index (κ2) is 9.32. The van der Waals surface area contributed by atoms with Crippen molar-refractivity contribution in [2.45, 2.75) is 20.3 Å². The van der Waals surface area contributed by atoms with Crippen molar-refractivity contribution in [3.8, 4) is 0 Å². The Labute approximate surface area is 186 Å². The molecule has 166 valence electrons. The minimum atomic E-state index is -0.165. The lowest BCUT2D eigenvalue weighted by Gasteiger charge is -2.36. The van der Waals surface area contributed by atoms with Gasteiger partial charge in [-0.3, -0.25) is 19.5 Å². The van der Waals surface area contributed by atoms with E-state index in [1.54, 1.807) is 6.20 Å². The molecule has 1 fully saturated rings. The number of rotatable bonds is 6. The molecule has 1 saturated heterocycles. The summed E-state index contributed by atoms with van der Waals surface area (Å²) in [5, 5.41) is 7.88. The lowest BCUT2D eigenvalue weighted by Crippen LogP contribution is -2.46. The first-order chi connectivity index (χ1) is 15.5. The highest BCUT2D eigenvalue weighted by Gasteiger charge is 2.18. The first kappa shape index (κ1) is 21.7. The molecule has 3 aromatic rings. The summed E-state index contributed by atoms with van der Waals surface area (Å²) in [5.74, 6) is 0. The van der Waals surface area contributed by atoms with E-state index >= 15 is 0 Å². The van der Waals surface area contributed by atoms with Crippen molar-refractivity contribution in [3.63, 3.8) is 0 Å². The van der Waals surface area contributed by atoms with Gasteiger partial charge in [-0.15, -0.1) is 0 Å². The van der Waals surface area contributed by atoms with Crippen LogP contribution in [0.4, 0.5) is 11.4 Å². The Hall–Kier alpha value is -3.52. The number of piperazine rings is 1. The maximum atomic E-state index is 12.2. The molecule has 0 saturated carbocycles. The monoisotopic (exact) mass is 432 g/mol. The smallest absolute Gasteiger partial charge is 0.272 e. The maximum Gasteiger partial charge on any atom is 0.272 e. The summed E-state index contributed by atoms with van der Waals surface area (Å²) in [4.78, 5) is 35.8. The van der Waals surface area contributed by atoms with Crippen LogP contribution >= 0.6 is 0 Å². The second-order valence-electron chi connectivity index (χ2n) is 8.16. The zero-order valence-corrected chi connectivity index (χ0v) is 18.5. The van der Waals surface area contributed by atoms with Gasteiger partial charge < -0.3 is 9.88 Å². The van der Waals surface area contributed by atoms with Gasteiger partial charge in [0.2, 0.25) is 0 Å². The molecule has 0 atom stereocenters. The van der Waals surface area contributed by atoms with Gasteiger partial charge in [-0.25, -0.2) is 5.10 Å². The molecule has 4 rings (SSSR count). The zero-order chi connectivity index (χ0) is 22.7. The molecule has 1 aliphatic heterocycles. The van der Waals surface area contributed by atoms with Gasteiger partial charge in [-0.1, -0.05) is 12.5 Å². The number of fused-ring (bicyclic) bond motifs is 1. The summed E-state index contributed by atoms with van der Waals surface area (Å²) in [6, 6.07) is 7.70. The second-order valence-corrected chi connectivity index (χ2v) is 8.16. The average Bonchev–Trinajstić information content (AvgIpc) is 2.79. The van der Waals surface area contributed by atoms with Crippen LogP contribution in [0.15, 0.2) is 50.6 Å². The number of aryl methyl sites for hydroxylation is 1. The maximum absolute atomic E-state index is 12.2. The Kier molecular flexibility index (Phi) is 6.32.